The standard InChI is InChI=1S/C18H18BrFN6O2/c1-3-25(12(2)11-28-18-21-9-13(19)10-22-18)17(27)14-5-4-6-15(20)16(14)26-23-7-8-24-26/h4-10,12H,3,11H2,1-2H3/t12-/m0/s1. The maximum Gasteiger partial charge on any atom is 0.316 e. The van der Waals surface area contributed by atoms with Crippen molar-refractivity contribution < 1.29 is 13.9 Å². The number of para-hydroxylation sites is 1. The van der Waals surface area contributed by atoms with Crippen molar-refractivity contribution in [2.75, 3.05) is 13.2 Å². The summed E-state index contributed by atoms with van der Waals surface area (Å²) in [6.45, 7) is 4.28. The van der Waals surface area contributed by atoms with Gasteiger partial charge in [-0.2, -0.15) is 10.2 Å². The third-order valence-corrected chi connectivity index (χ3v) is 4.43. The predicted octanol–water partition coefficient (Wildman–Crippen LogP) is 2.89. The molecular weight excluding hydrogens is 431 g/mol. The van der Waals surface area contributed by atoms with Crippen LogP contribution in [0.2, 0.25) is 0 Å². The van der Waals surface area contributed by atoms with Crippen LogP contribution in [0.25, 0.3) is 5.69 Å². The van der Waals surface area contributed by atoms with Gasteiger partial charge in [0.1, 0.15) is 12.3 Å². The fraction of sp³-hybridized carbons (Fsp3) is 0.278. The number of hydrogen-bond acceptors (Lipinski definition) is 6. The van der Waals surface area contributed by atoms with Crippen LogP contribution < -0.4 is 4.74 Å². The van der Waals surface area contributed by atoms with Crippen LogP contribution in [0.5, 0.6) is 6.01 Å². The van der Waals surface area contributed by atoms with Crippen LogP contribution in [0.1, 0.15) is 24.2 Å². The Kier molecular flexibility index (Phi) is 6.30. The Balaban J connectivity index is 1.80. The molecule has 1 amide bonds. The highest BCUT2D eigenvalue weighted by molar-refractivity contribution is 9.10. The molecule has 0 radical (unpaired) electrons. The monoisotopic (exact) mass is 448 g/mol. The molecule has 28 heavy (non-hydrogen) atoms. The fourth-order valence-corrected chi connectivity index (χ4v) is 2.90. The van der Waals surface area contributed by atoms with Crippen LogP contribution in [-0.2, 0) is 0 Å². The van der Waals surface area contributed by atoms with Crippen molar-refractivity contribution in [2.45, 2.75) is 19.9 Å². The molecule has 0 saturated carbocycles. The van der Waals surface area contributed by atoms with Crippen molar-refractivity contribution >= 4 is 21.8 Å². The first-order chi connectivity index (χ1) is 13.5. The van der Waals surface area contributed by atoms with E-state index in [-0.39, 0.29) is 35.8 Å². The Hall–Kier alpha value is -2.88. The van der Waals surface area contributed by atoms with E-state index in [4.69, 9.17) is 4.74 Å². The van der Waals surface area contributed by atoms with E-state index >= 15 is 0 Å². The Labute approximate surface area is 169 Å². The number of benzene rings is 1. The fourth-order valence-electron chi connectivity index (χ4n) is 2.69. The summed E-state index contributed by atoms with van der Waals surface area (Å²) in [5, 5.41) is 7.91. The molecule has 0 aliphatic carbocycles. The van der Waals surface area contributed by atoms with Gasteiger partial charge in [-0.1, -0.05) is 6.07 Å². The minimum atomic E-state index is -0.578. The van der Waals surface area contributed by atoms with Gasteiger partial charge in [-0.05, 0) is 41.9 Å². The second-order valence-corrected chi connectivity index (χ2v) is 6.81. The van der Waals surface area contributed by atoms with Gasteiger partial charge in [0.2, 0.25) is 0 Å². The zero-order valence-electron chi connectivity index (χ0n) is 15.3. The smallest absolute Gasteiger partial charge is 0.316 e. The largest absolute Gasteiger partial charge is 0.461 e. The van der Waals surface area contributed by atoms with E-state index < -0.39 is 5.82 Å². The van der Waals surface area contributed by atoms with Crippen molar-refractivity contribution in [1.82, 2.24) is 29.9 Å². The quantitative estimate of drug-likeness (QED) is 0.552. The van der Waals surface area contributed by atoms with Crippen molar-refractivity contribution in [2.24, 2.45) is 0 Å². The van der Waals surface area contributed by atoms with Crippen LogP contribution >= 0.6 is 15.9 Å². The van der Waals surface area contributed by atoms with Gasteiger partial charge in [-0.15, -0.1) is 4.80 Å². The molecule has 0 aliphatic heterocycles. The summed E-state index contributed by atoms with van der Waals surface area (Å²) in [6, 6.07) is 4.22. The Morgan fingerprint density at radius 2 is 1.96 bits per heavy atom. The molecule has 0 aliphatic rings. The summed E-state index contributed by atoms with van der Waals surface area (Å²) < 4.78 is 20.7. The predicted molar refractivity (Wildman–Crippen MR) is 103 cm³/mol. The van der Waals surface area contributed by atoms with Gasteiger partial charge in [0.05, 0.1) is 28.5 Å². The second kappa shape index (κ2) is 8.87. The van der Waals surface area contributed by atoms with Crippen LogP contribution in [0.4, 0.5) is 4.39 Å². The minimum absolute atomic E-state index is 0.0142. The lowest BCUT2D eigenvalue weighted by Gasteiger charge is -2.28. The number of amides is 1. The van der Waals surface area contributed by atoms with E-state index in [1.807, 2.05) is 13.8 Å². The molecule has 0 N–H and O–H groups in total. The van der Waals surface area contributed by atoms with Gasteiger partial charge in [-0.25, -0.2) is 14.4 Å². The third-order valence-electron chi connectivity index (χ3n) is 4.02. The van der Waals surface area contributed by atoms with Gasteiger partial charge < -0.3 is 9.64 Å². The lowest BCUT2D eigenvalue weighted by Crippen LogP contribution is -2.42. The zero-order valence-corrected chi connectivity index (χ0v) is 16.9. The molecule has 0 fully saturated rings. The summed E-state index contributed by atoms with van der Waals surface area (Å²) in [6.07, 6.45) is 6.00. The van der Waals surface area contributed by atoms with Gasteiger partial charge in [0, 0.05) is 18.9 Å². The second-order valence-electron chi connectivity index (χ2n) is 5.89. The van der Waals surface area contributed by atoms with Crippen molar-refractivity contribution in [1.29, 1.82) is 0 Å². The number of carbonyl (C=O) groups excluding carboxylic acids is 1. The van der Waals surface area contributed by atoms with Gasteiger partial charge in [0.15, 0.2) is 5.82 Å². The minimum Gasteiger partial charge on any atom is -0.461 e. The average molecular weight is 449 g/mol. The Morgan fingerprint density at radius 1 is 1.29 bits per heavy atom. The molecule has 10 heteroatoms. The average Bonchev–Trinajstić information content (AvgIpc) is 3.22. The topological polar surface area (TPSA) is 86.0 Å². The molecule has 0 bridgehead atoms. The summed E-state index contributed by atoms with van der Waals surface area (Å²) in [5.41, 5.74) is 0.185. The lowest BCUT2D eigenvalue weighted by atomic mass is 10.1. The number of ether oxygens (including phenoxy) is 1. The van der Waals surface area contributed by atoms with E-state index in [1.165, 1.54) is 24.5 Å². The molecule has 2 heterocycles. The third kappa shape index (κ3) is 4.33. The first kappa shape index (κ1) is 19.9. The number of likely N-dealkylation sites (N-methyl/N-ethyl adjacent to an activating group) is 1. The van der Waals surface area contributed by atoms with Crippen LogP contribution in [0.15, 0.2) is 47.5 Å². The van der Waals surface area contributed by atoms with Crippen molar-refractivity contribution in [3.8, 4) is 11.7 Å². The molecule has 1 aromatic carbocycles. The highest BCUT2D eigenvalue weighted by Gasteiger charge is 2.25. The molecule has 1 atom stereocenters. The lowest BCUT2D eigenvalue weighted by molar-refractivity contribution is 0.0642. The van der Waals surface area contributed by atoms with E-state index in [0.717, 1.165) is 9.27 Å². The zero-order chi connectivity index (χ0) is 20.1. The molecule has 0 unspecified atom stereocenters. The Morgan fingerprint density at radius 3 is 2.61 bits per heavy atom. The van der Waals surface area contributed by atoms with Crippen molar-refractivity contribution in [3.63, 3.8) is 0 Å². The normalized spacial score (nSPS) is 11.9. The maximum absolute atomic E-state index is 14.4. The molecule has 146 valence electrons. The summed E-state index contributed by atoms with van der Waals surface area (Å²) in [4.78, 5) is 23.9. The summed E-state index contributed by atoms with van der Waals surface area (Å²) in [5.74, 6) is -0.924. The number of nitrogens with zero attached hydrogens (tertiary/aromatic N) is 6. The number of rotatable bonds is 7. The number of hydrogen-bond donors (Lipinski definition) is 0. The van der Waals surface area contributed by atoms with E-state index in [9.17, 15) is 9.18 Å². The summed E-state index contributed by atoms with van der Waals surface area (Å²) >= 11 is 3.26. The first-order valence-electron chi connectivity index (χ1n) is 8.57. The molecule has 0 spiro atoms. The van der Waals surface area contributed by atoms with Gasteiger partial charge in [0.25, 0.3) is 5.91 Å². The maximum atomic E-state index is 14.4. The van der Waals surface area contributed by atoms with Gasteiger partial charge in [-0.3, -0.25) is 4.79 Å². The van der Waals surface area contributed by atoms with Crippen molar-refractivity contribution in [3.05, 3.63) is 58.8 Å². The molecule has 8 nitrogen and oxygen atoms in total. The number of aromatic nitrogens is 5. The molecule has 3 rings (SSSR count). The molecule has 2 aromatic heterocycles. The van der Waals surface area contributed by atoms with E-state index in [2.05, 4.69) is 36.1 Å². The number of halogens is 2. The first-order valence-corrected chi connectivity index (χ1v) is 9.37. The number of carbonyl (C=O) groups is 1. The van der Waals surface area contributed by atoms with Crippen LogP contribution in [0, 0.1) is 5.82 Å². The van der Waals surface area contributed by atoms with E-state index in [1.54, 1.807) is 23.4 Å². The molecular formula is C18H18BrFN6O2. The van der Waals surface area contributed by atoms with Gasteiger partial charge >= 0.3 is 6.01 Å². The molecule has 0 saturated heterocycles. The summed E-state index contributed by atoms with van der Waals surface area (Å²) in [7, 11) is 0. The SMILES string of the molecule is CCN(C(=O)c1cccc(F)c1-n1nccn1)[C@@H](C)COc1ncc(Br)cn1. The Bertz CT molecular complexity index is 936. The van der Waals surface area contributed by atoms with Crippen LogP contribution in [-0.4, -0.2) is 55.0 Å². The highest BCUT2D eigenvalue weighted by Crippen LogP contribution is 2.20. The van der Waals surface area contributed by atoms with Crippen LogP contribution in [0.3, 0.4) is 0 Å². The van der Waals surface area contributed by atoms with E-state index in [0.29, 0.717) is 6.54 Å². The molecule has 3 aromatic rings. The highest BCUT2D eigenvalue weighted by atomic mass is 79.9.